The average Bonchev–Trinajstić information content (AvgIpc) is 2.11. The lowest BCUT2D eigenvalue weighted by molar-refractivity contribution is 0.0691. The highest BCUT2D eigenvalue weighted by molar-refractivity contribution is 6.39. The summed E-state index contributed by atoms with van der Waals surface area (Å²) in [5, 5.41) is 8.33. The van der Waals surface area contributed by atoms with Crippen molar-refractivity contribution in [3.8, 4) is 5.75 Å². The molecule has 3 nitrogen and oxygen atoms in total. The Hall–Kier alpha value is -1.00. The molecule has 1 aromatic rings. The van der Waals surface area contributed by atoms with E-state index in [0.717, 1.165) is 6.07 Å². The van der Waals surface area contributed by atoms with Crippen LogP contribution in [0.25, 0.3) is 0 Å². The Kier molecular flexibility index (Phi) is 3.77. The van der Waals surface area contributed by atoms with Crippen molar-refractivity contribution < 1.29 is 19.0 Å². The molecule has 0 spiro atoms. The summed E-state index contributed by atoms with van der Waals surface area (Å²) in [5.41, 5.74) is -0.635. The van der Waals surface area contributed by atoms with Gasteiger partial charge in [0.1, 0.15) is 16.4 Å². The monoisotopic (exact) mass is 252 g/mol. The van der Waals surface area contributed by atoms with Gasteiger partial charge in [0.15, 0.2) is 5.75 Å². The van der Waals surface area contributed by atoms with Crippen LogP contribution in [0.5, 0.6) is 5.75 Å². The van der Waals surface area contributed by atoms with Gasteiger partial charge in [0.2, 0.25) is 0 Å². The van der Waals surface area contributed by atoms with Gasteiger partial charge in [-0.15, -0.1) is 0 Å². The van der Waals surface area contributed by atoms with Gasteiger partial charge in [-0.3, -0.25) is 0 Å². The van der Waals surface area contributed by atoms with E-state index >= 15 is 0 Å². The maximum atomic E-state index is 13.2. The number of halogens is 3. The minimum atomic E-state index is -1.46. The molecule has 0 bridgehead atoms. The van der Waals surface area contributed by atoms with Crippen LogP contribution < -0.4 is 4.74 Å². The summed E-state index contributed by atoms with van der Waals surface area (Å²) < 4.78 is 18.2. The zero-order valence-corrected chi connectivity index (χ0v) is 9.19. The summed E-state index contributed by atoms with van der Waals surface area (Å²) in [6.07, 6.45) is 0. The van der Waals surface area contributed by atoms with Crippen molar-refractivity contribution in [3.63, 3.8) is 0 Å². The smallest absolute Gasteiger partial charge is 0.340 e. The molecular weight excluding hydrogens is 246 g/mol. The van der Waals surface area contributed by atoms with Gasteiger partial charge in [-0.1, -0.05) is 23.2 Å². The van der Waals surface area contributed by atoms with Crippen LogP contribution in [0.4, 0.5) is 4.39 Å². The molecular formula is C9H7Cl2FO3. The van der Waals surface area contributed by atoms with E-state index in [1.54, 1.807) is 6.92 Å². The molecule has 0 atom stereocenters. The van der Waals surface area contributed by atoms with E-state index in [4.69, 9.17) is 33.0 Å². The predicted molar refractivity (Wildman–Crippen MR) is 54.5 cm³/mol. The molecule has 0 aliphatic rings. The Bertz CT molecular complexity index is 407. The van der Waals surface area contributed by atoms with Crippen LogP contribution in [0.3, 0.4) is 0 Å². The normalized spacial score (nSPS) is 10.1. The van der Waals surface area contributed by atoms with E-state index < -0.39 is 17.3 Å². The van der Waals surface area contributed by atoms with E-state index in [1.165, 1.54) is 0 Å². The zero-order valence-electron chi connectivity index (χ0n) is 7.68. The van der Waals surface area contributed by atoms with Crippen LogP contribution in [0.1, 0.15) is 17.3 Å². The first-order chi connectivity index (χ1) is 6.99. The van der Waals surface area contributed by atoms with Crippen molar-refractivity contribution >= 4 is 29.2 Å². The minimum absolute atomic E-state index is 0.0142. The minimum Gasteiger partial charge on any atom is -0.491 e. The Morgan fingerprint density at radius 2 is 2.20 bits per heavy atom. The number of carboxylic acid groups (broad SMARTS) is 1. The van der Waals surface area contributed by atoms with Crippen molar-refractivity contribution in [3.05, 3.63) is 27.5 Å². The van der Waals surface area contributed by atoms with E-state index in [0.29, 0.717) is 0 Å². The molecule has 15 heavy (non-hydrogen) atoms. The first kappa shape index (κ1) is 12.1. The Balaban J connectivity index is 3.42. The van der Waals surface area contributed by atoms with Gasteiger partial charge in [0, 0.05) is 0 Å². The number of rotatable bonds is 3. The van der Waals surface area contributed by atoms with Crippen molar-refractivity contribution in [2.24, 2.45) is 0 Å². The van der Waals surface area contributed by atoms with Gasteiger partial charge in [-0.2, -0.15) is 0 Å². The summed E-state index contributed by atoms with van der Waals surface area (Å²) in [6, 6.07) is 0.863. The van der Waals surface area contributed by atoms with Crippen molar-refractivity contribution in [2.45, 2.75) is 6.92 Å². The molecule has 0 aromatic heterocycles. The maximum absolute atomic E-state index is 13.2. The Labute approximate surface area is 95.4 Å². The second-order valence-electron chi connectivity index (χ2n) is 2.60. The van der Waals surface area contributed by atoms with E-state index in [1.807, 2.05) is 0 Å². The number of carbonyl (C=O) groups is 1. The fraction of sp³-hybridized carbons (Fsp3) is 0.222. The molecule has 0 unspecified atom stereocenters. The molecule has 0 heterocycles. The largest absolute Gasteiger partial charge is 0.491 e. The maximum Gasteiger partial charge on any atom is 0.340 e. The van der Waals surface area contributed by atoms with Crippen LogP contribution in [0, 0.1) is 5.82 Å². The molecule has 0 fully saturated rings. The number of aromatic carboxylic acids is 1. The summed E-state index contributed by atoms with van der Waals surface area (Å²) >= 11 is 11.3. The molecule has 1 rings (SSSR count). The molecule has 0 saturated carbocycles. The van der Waals surface area contributed by atoms with Gasteiger partial charge in [0.05, 0.1) is 11.6 Å². The molecule has 0 radical (unpaired) electrons. The fourth-order valence-electron chi connectivity index (χ4n) is 1.04. The lowest BCUT2D eigenvalue weighted by atomic mass is 10.2. The molecule has 6 heteroatoms. The van der Waals surface area contributed by atoms with E-state index in [-0.39, 0.29) is 22.4 Å². The summed E-state index contributed by atoms with van der Waals surface area (Å²) in [4.78, 5) is 10.7. The first-order valence-corrected chi connectivity index (χ1v) is 4.78. The first-order valence-electron chi connectivity index (χ1n) is 4.02. The third-order valence-corrected chi connectivity index (χ3v) is 2.27. The third-order valence-electron chi connectivity index (χ3n) is 1.63. The molecule has 0 amide bonds. The molecule has 0 aliphatic heterocycles. The highest BCUT2D eigenvalue weighted by atomic mass is 35.5. The highest BCUT2D eigenvalue weighted by Crippen LogP contribution is 2.37. The van der Waals surface area contributed by atoms with Crippen molar-refractivity contribution in [2.75, 3.05) is 6.61 Å². The topological polar surface area (TPSA) is 46.5 Å². The van der Waals surface area contributed by atoms with Gasteiger partial charge in [-0.05, 0) is 13.0 Å². The van der Waals surface area contributed by atoms with Crippen LogP contribution >= 0.6 is 23.2 Å². The molecule has 1 N–H and O–H groups in total. The average molecular weight is 253 g/mol. The standard InChI is InChI=1S/C9H7Cl2FO3/c1-2-15-8-4(10)3-5(12)6(7(8)11)9(13)14/h3H,2H2,1H3,(H,13,14). The second-order valence-corrected chi connectivity index (χ2v) is 3.38. The molecule has 1 aromatic carbocycles. The number of hydrogen-bond donors (Lipinski definition) is 1. The molecule has 0 aliphatic carbocycles. The summed E-state index contributed by atoms with van der Waals surface area (Å²) in [5.74, 6) is -2.46. The summed E-state index contributed by atoms with van der Waals surface area (Å²) in [6.45, 7) is 1.93. The van der Waals surface area contributed by atoms with Crippen molar-refractivity contribution in [1.82, 2.24) is 0 Å². The lowest BCUT2D eigenvalue weighted by Gasteiger charge is -2.10. The SMILES string of the molecule is CCOc1c(Cl)cc(F)c(C(=O)O)c1Cl. The third kappa shape index (κ3) is 2.33. The van der Waals surface area contributed by atoms with Gasteiger partial charge in [-0.25, -0.2) is 9.18 Å². The second kappa shape index (κ2) is 4.68. The van der Waals surface area contributed by atoms with E-state index in [2.05, 4.69) is 0 Å². The van der Waals surface area contributed by atoms with Gasteiger partial charge < -0.3 is 9.84 Å². The van der Waals surface area contributed by atoms with Crippen LogP contribution in [0.2, 0.25) is 10.0 Å². The Morgan fingerprint density at radius 3 is 2.67 bits per heavy atom. The quantitative estimate of drug-likeness (QED) is 0.899. The van der Waals surface area contributed by atoms with Crippen molar-refractivity contribution in [1.29, 1.82) is 0 Å². The van der Waals surface area contributed by atoms with Crippen LogP contribution in [-0.4, -0.2) is 17.7 Å². The fourth-order valence-corrected chi connectivity index (χ4v) is 1.67. The molecule has 0 saturated heterocycles. The van der Waals surface area contributed by atoms with Crippen LogP contribution in [-0.2, 0) is 0 Å². The molecule has 82 valence electrons. The lowest BCUT2D eigenvalue weighted by Crippen LogP contribution is -2.04. The number of hydrogen-bond acceptors (Lipinski definition) is 2. The van der Waals surface area contributed by atoms with Crippen LogP contribution in [0.15, 0.2) is 6.07 Å². The number of carboxylic acids is 1. The predicted octanol–water partition coefficient (Wildman–Crippen LogP) is 3.23. The van der Waals surface area contributed by atoms with E-state index in [9.17, 15) is 9.18 Å². The number of ether oxygens (including phenoxy) is 1. The Morgan fingerprint density at radius 1 is 1.60 bits per heavy atom. The zero-order chi connectivity index (χ0) is 11.6. The van der Waals surface area contributed by atoms with Gasteiger partial charge >= 0.3 is 5.97 Å². The number of benzene rings is 1. The van der Waals surface area contributed by atoms with Gasteiger partial charge in [0.25, 0.3) is 0 Å². The summed E-state index contributed by atoms with van der Waals surface area (Å²) in [7, 11) is 0. The highest BCUT2D eigenvalue weighted by Gasteiger charge is 2.21.